The molecule has 0 aliphatic heterocycles. The van der Waals surface area contributed by atoms with Crippen molar-refractivity contribution < 1.29 is 9.53 Å². The number of anilines is 1. The molecule has 0 spiro atoms. The van der Waals surface area contributed by atoms with Gasteiger partial charge in [-0.1, -0.05) is 29.8 Å². The summed E-state index contributed by atoms with van der Waals surface area (Å²) in [7, 11) is 0. The van der Waals surface area contributed by atoms with Crippen molar-refractivity contribution in [2.24, 2.45) is 0 Å². The lowest BCUT2D eigenvalue weighted by Gasteiger charge is -2.11. The Kier molecular flexibility index (Phi) is 4.42. The number of hydrogen-bond donors (Lipinski definition) is 1. The summed E-state index contributed by atoms with van der Waals surface area (Å²) < 4.78 is 5.43. The van der Waals surface area contributed by atoms with Gasteiger partial charge in [-0.3, -0.25) is 4.79 Å². The summed E-state index contributed by atoms with van der Waals surface area (Å²) in [5.41, 5.74) is 1.21. The van der Waals surface area contributed by atoms with Crippen LogP contribution in [0.15, 0.2) is 48.5 Å². The summed E-state index contributed by atoms with van der Waals surface area (Å²) in [4.78, 5) is 12.2. The fourth-order valence-electron chi connectivity index (χ4n) is 1.68. The molecular formula is C15H14ClNO2. The Morgan fingerprint density at radius 2 is 1.95 bits per heavy atom. The van der Waals surface area contributed by atoms with Gasteiger partial charge in [0.25, 0.3) is 5.91 Å². The van der Waals surface area contributed by atoms with Crippen molar-refractivity contribution in [3.63, 3.8) is 0 Å². The molecule has 0 bridgehead atoms. The van der Waals surface area contributed by atoms with Gasteiger partial charge in [-0.15, -0.1) is 0 Å². The van der Waals surface area contributed by atoms with Gasteiger partial charge in [-0.05, 0) is 37.3 Å². The summed E-state index contributed by atoms with van der Waals surface area (Å²) in [6.07, 6.45) is 0. The van der Waals surface area contributed by atoms with Gasteiger partial charge in [0.1, 0.15) is 5.75 Å². The first-order chi connectivity index (χ1) is 9.20. The molecule has 0 saturated carbocycles. The number of rotatable bonds is 4. The van der Waals surface area contributed by atoms with Gasteiger partial charge in [0.2, 0.25) is 0 Å². The van der Waals surface area contributed by atoms with E-state index in [4.69, 9.17) is 16.3 Å². The number of benzene rings is 2. The minimum Gasteiger partial charge on any atom is -0.493 e. The second-order valence-corrected chi connectivity index (χ2v) is 4.33. The molecule has 19 heavy (non-hydrogen) atoms. The highest BCUT2D eigenvalue weighted by Gasteiger charge is 2.13. The van der Waals surface area contributed by atoms with Crippen LogP contribution >= 0.6 is 11.6 Å². The zero-order chi connectivity index (χ0) is 13.7. The number of halogens is 1. The Bertz CT molecular complexity index is 570. The summed E-state index contributed by atoms with van der Waals surface area (Å²) in [5.74, 6) is 0.273. The molecule has 0 aliphatic carbocycles. The molecule has 98 valence electrons. The van der Waals surface area contributed by atoms with Crippen LogP contribution in [0.1, 0.15) is 17.3 Å². The van der Waals surface area contributed by atoms with Gasteiger partial charge in [0.05, 0.1) is 12.2 Å². The second-order valence-electron chi connectivity index (χ2n) is 3.89. The standard InChI is InChI=1S/C15H14ClNO2/c1-2-19-14-10-11(16)8-9-13(14)15(18)17-12-6-4-3-5-7-12/h3-10H,2H2,1H3,(H,17,18). The van der Waals surface area contributed by atoms with Crippen LogP contribution in [-0.4, -0.2) is 12.5 Å². The maximum atomic E-state index is 12.2. The van der Waals surface area contributed by atoms with Crippen LogP contribution in [0.4, 0.5) is 5.69 Å². The van der Waals surface area contributed by atoms with Crippen molar-refractivity contribution in [1.82, 2.24) is 0 Å². The van der Waals surface area contributed by atoms with Crippen LogP contribution in [0.25, 0.3) is 0 Å². The normalized spacial score (nSPS) is 10.0. The smallest absolute Gasteiger partial charge is 0.259 e. The van der Waals surface area contributed by atoms with E-state index in [0.717, 1.165) is 5.69 Å². The number of para-hydroxylation sites is 1. The van der Waals surface area contributed by atoms with Crippen LogP contribution in [0, 0.1) is 0 Å². The first-order valence-electron chi connectivity index (χ1n) is 5.99. The van der Waals surface area contributed by atoms with Crippen molar-refractivity contribution in [2.45, 2.75) is 6.92 Å². The Labute approximate surface area is 117 Å². The number of carbonyl (C=O) groups is 1. The molecule has 4 heteroatoms. The van der Waals surface area contributed by atoms with E-state index in [-0.39, 0.29) is 5.91 Å². The summed E-state index contributed by atoms with van der Waals surface area (Å²) >= 11 is 5.91. The highest BCUT2D eigenvalue weighted by Crippen LogP contribution is 2.24. The molecule has 0 fully saturated rings. The van der Waals surface area contributed by atoms with E-state index < -0.39 is 0 Å². The Balaban J connectivity index is 2.23. The van der Waals surface area contributed by atoms with Gasteiger partial charge >= 0.3 is 0 Å². The predicted octanol–water partition coefficient (Wildman–Crippen LogP) is 3.99. The van der Waals surface area contributed by atoms with E-state index >= 15 is 0 Å². The molecule has 2 aromatic rings. The van der Waals surface area contributed by atoms with E-state index in [0.29, 0.717) is 22.9 Å². The van der Waals surface area contributed by atoms with Crippen molar-refractivity contribution >= 4 is 23.2 Å². The number of nitrogens with one attached hydrogen (secondary N) is 1. The molecule has 0 saturated heterocycles. The molecule has 0 aromatic heterocycles. The first-order valence-corrected chi connectivity index (χ1v) is 6.37. The third-order valence-corrected chi connectivity index (χ3v) is 2.75. The molecule has 0 radical (unpaired) electrons. The fourth-order valence-corrected chi connectivity index (χ4v) is 1.84. The van der Waals surface area contributed by atoms with Gasteiger partial charge in [-0.25, -0.2) is 0 Å². The molecule has 0 unspecified atom stereocenters. The molecule has 1 amide bonds. The zero-order valence-corrected chi connectivity index (χ0v) is 11.3. The summed E-state index contributed by atoms with van der Waals surface area (Å²) in [6, 6.07) is 14.2. The first kappa shape index (κ1) is 13.4. The predicted molar refractivity (Wildman–Crippen MR) is 77.0 cm³/mol. The van der Waals surface area contributed by atoms with Crippen molar-refractivity contribution in [1.29, 1.82) is 0 Å². The maximum absolute atomic E-state index is 12.2. The Morgan fingerprint density at radius 3 is 2.63 bits per heavy atom. The van der Waals surface area contributed by atoms with Crippen molar-refractivity contribution in [2.75, 3.05) is 11.9 Å². The number of ether oxygens (including phenoxy) is 1. The van der Waals surface area contributed by atoms with E-state index in [2.05, 4.69) is 5.32 Å². The lowest BCUT2D eigenvalue weighted by Crippen LogP contribution is -2.13. The molecule has 2 aromatic carbocycles. The largest absolute Gasteiger partial charge is 0.493 e. The van der Waals surface area contributed by atoms with Crippen molar-refractivity contribution in [3.05, 3.63) is 59.1 Å². The van der Waals surface area contributed by atoms with E-state index in [1.807, 2.05) is 37.3 Å². The molecule has 3 nitrogen and oxygen atoms in total. The number of hydrogen-bond acceptors (Lipinski definition) is 2. The van der Waals surface area contributed by atoms with E-state index in [9.17, 15) is 4.79 Å². The maximum Gasteiger partial charge on any atom is 0.259 e. The van der Waals surface area contributed by atoms with Crippen LogP contribution < -0.4 is 10.1 Å². The molecule has 1 N–H and O–H groups in total. The van der Waals surface area contributed by atoms with Gasteiger partial charge in [-0.2, -0.15) is 0 Å². The topological polar surface area (TPSA) is 38.3 Å². The summed E-state index contributed by atoms with van der Waals surface area (Å²) in [6.45, 7) is 2.34. The number of carbonyl (C=O) groups excluding carboxylic acids is 1. The van der Waals surface area contributed by atoms with Crippen LogP contribution in [0.2, 0.25) is 5.02 Å². The van der Waals surface area contributed by atoms with Crippen LogP contribution in [0.5, 0.6) is 5.75 Å². The highest BCUT2D eigenvalue weighted by atomic mass is 35.5. The third-order valence-electron chi connectivity index (χ3n) is 2.52. The average Bonchev–Trinajstić information content (AvgIpc) is 2.40. The van der Waals surface area contributed by atoms with Gasteiger partial charge in [0.15, 0.2) is 0 Å². The Morgan fingerprint density at radius 1 is 1.21 bits per heavy atom. The monoisotopic (exact) mass is 275 g/mol. The van der Waals surface area contributed by atoms with E-state index in [1.165, 1.54) is 0 Å². The van der Waals surface area contributed by atoms with Crippen LogP contribution in [0.3, 0.4) is 0 Å². The van der Waals surface area contributed by atoms with Crippen LogP contribution in [-0.2, 0) is 0 Å². The van der Waals surface area contributed by atoms with Gasteiger partial charge in [0, 0.05) is 10.7 Å². The zero-order valence-electron chi connectivity index (χ0n) is 10.5. The quantitative estimate of drug-likeness (QED) is 0.916. The minimum absolute atomic E-state index is 0.216. The lowest BCUT2D eigenvalue weighted by atomic mass is 10.2. The summed E-state index contributed by atoms with van der Waals surface area (Å²) in [5, 5.41) is 3.36. The SMILES string of the molecule is CCOc1cc(Cl)ccc1C(=O)Nc1ccccc1. The molecule has 0 atom stereocenters. The second kappa shape index (κ2) is 6.25. The van der Waals surface area contributed by atoms with E-state index in [1.54, 1.807) is 18.2 Å². The third kappa shape index (κ3) is 3.48. The molecule has 2 rings (SSSR count). The number of amides is 1. The molecule has 0 heterocycles. The van der Waals surface area contributed by atoms with Crippen molar-refractivity contribution in [3.8, 4) is 5.75 Å². The molecule has 0 aliphatic rings. The average molecular weight is 276 g/mol. The lowest BCUT2D eigenvalue weighted by molar-refractivity contribution is 0.102. The fraction of sp³-hybridized carbons (Fsp3) is 0.133. The minimum atomic E-state index is -0.216. The highest BCUT2D eigenvalue weighted by molar-refractivity contribution is 6.31. The Hall–Kier alpha value is -2.00. The molecular weight excluding hydrogens is 262 g/mol. The van der Waals surface area contributed by atoms with Gasteiger partial charge < -0.3 is 10.1 Å².